The van der Waals surface area contributed by atoms with E-state index in [1.807, 2.05) is 0 Å². The topological polar surface area (TPSA) is 61.8 Å². The van der Waals surface area contributed by atoms with E-state index in [1.165, 1.54) is 7.11 Å². The molecule has 0 aromatic carbocycles. The summed E-state index contributed by atoms with van der Waals surface area (Å²) < 4.78 is 4.83. The minimum Gasteiger partial charge on any atom is -0.389 e. The summed E-state index contributed by atoms with van der Waals surface area (Å²) >= 11 is 0. The predicted molar refractivity (Wildman–Crippen MR) is 61.1 cm³/mol. The minimum absolute atomic E-state index is 0.0634. The highest BCUT2D eigenvalue weighted by molar-refractivity contribution is 5.78. The number of hydrogen-bond acceptors (Lipinski definition) is 4. The van der Waals surface area contributed by atoms with Crippen LogP contribution in [0.3, 0.4) is 0 Å². The van der Waals surface area contributed by atoms with Crippen molar-refractivity contribution in [3.05, 3.63) is 0 Å². The number of methoxy groups -OCH3 is 1. The molecule has 16 heavy (non-hydrogen) atoms. The molecule has 0 aromatic rings. The Balaban J connectivity index is 2.34. The summed E-state index contributed by atoms with van der Waals surface area (Å²) in [4.78, 5) is 13.6. The van der Waals surface area contributed by atoms with Crippen LogP contribution in [0.15, 0.2) is 0 Å². The minimum atomic E-state index is -0.601. The van der Waals surface area contributed by atoms with Gasteiger partial charge in [-0.3, -0.25) is 4.79 Å². The van der Waals surface area contributed by atoms with Crippen LogP contribution in [0.2, 0.25) is 0 Å². The fourth-order valence-electron chi connectivity index (χ4n) is 2.03. The van der Waals surface area contributed by atoms with Crippen LogP contribution in [-0.4, -0.2) is 62.4 Å². The maximum atomic E-state index is 12.0. The molecule has 0 aromatic heterocycles. The van der Waals surface area contributed by atoms with Crippen molar-refractivity contribution in [3.8, 4) is 0 Å². The van der Waals surface area contributed by atoms with Crippen LogP contribution in [0.25, 0.3) is 0 Å². The molecule has 2 atom stereocenters. The van der Waals surface area contributed by atoms with Crippen LogP contribution < -0.4 is 5.32 Å². The predicted octanol–water partition coefficient (Wildman–Crippen LogP) is -0.548. The molecule has 1 rings (SSSR count). The van der Waals surface area contributed by atoms with Crippen LogP contribution in [0.4, 0.5) is 0 Å². The van der Waals surface area contributed by atoms with Crippen molar-refractivity contribution in [2.45, 2.75) is 18.9 Å². The van der Waals surface area contributed by atoms with Crippen LogP contribution in [0.1, 0.15) is 12.8 Å². The van der Waals surface area contributed by atoms with E-state index in [1.54, 1.807) is 11.9 Å². The molecule has 5 nitrogen and oxygen atoms in total. The quantitative estimate of drug-likeness (QED) is 0.665. The number of piperidine rings is 1. The third kappa shape index (κ3) is 4.08. The number of nitrogens with one attached hydrogen (secondary N) is 1. The Bertz CT molecular complexity index is 217. The van der Waals surface area contributed by atoms with Gasteiger partial charge in [0, 0.05) is 27.2 Å². The zero-order chi connectivity index (χ0) is 12.0. The van der Waals surface area contributed by atoms with Gasteiger partial charge in [-0.05, 0) is 19.4 Å². The molecule has 1 fully saturated rings. The molecule has 1 unspecified atom stereocenters. The first-order valence-corrected chi connectivity index (χ1v) is 5.78. The van der Waals surface area contributed by atoms with Gasteiger partial charge in [-0.1, -0.05) is 0 Å². The molecule has 94 valence electrons. The summed E-state index contributed by atoms with van der Waals surface area (Å²) in [6.45, 7) is 2.35. The average molecular weight is 230 g/mol. The highest BCUT2D eigenvalue weighted by atomic mass is 16.5. The van der Waals surface area contributed by atoms with E-state index >= 15 is 0 Å². The lowest BCUT2D eigenvalue weighted by atomic mass is 9.98. The summed E-state index contributed by atoms with van der Waals surface area (Å²) in [7, 11) is 3.27. The van der Waals surface area contributed by atoms with E-state index in [4.69, 9.17) is 4.74 Å². The largest absolute Gasteiger partial charge is 0.389 e. The third-order valence-electron chi connectivity index (χ3n) is 2.87. The number of aliphatic hydroxyl groups is 1. The van der Waals surface area contributed by atoms with Crippen molar-refractivity contribution < 1.29 is 14.6 Å². The molecule has 1 aliphatic rings. The molecule has 5 heteroatoms. The van der Waals surface area contributed by atoms with Crippen LogP contribution in [0.5, 0.6) is 0 Å². The van der Waals surface area contributed by atoms with Crippen LogP contribution >= 0.6 is 0 Å². The lowest BCUT2D eigenvalue weighted by molar-refractivity contribution is -0.136. The smallest absolute Gasteiger partial charge is 0.226 e. The Morgan fingerprint density at radius 1 is 1.69 bits per heavy atom. The van der Waals surface area contributed by atoms with Crippen molar-refractivity contribution in [2.24, 2.45) is 5.92 Å². The molecular weight excluding hydrogens is 208 g/mol. The highest BCUT2D eigenvalue weighted by Gasteiger charge is 2.24. The van der Waals surface area contributed by atoms with Crippen LogP contribution in [0, 0.1) is 5.92 Å². The molecule has 1 saturated heterocycles. The van der Waals surface area contributed by atoms with Gasteiger partial charge in [0.2, 0.25) is 5.91 Å². The molecule has 0 bridgehead atoms. The lowest BCUT2D eigenvalue weighted by Crippen LogP contribution is -2.44. The second-order valence-corrected chi connectivity index (χ2v) is 4.37. The van der Waals surface area contributed by atoms with Crippen molar-refractivity contribution in [3.63, 3.8) is 0 Å². The zero-order valence-electron chi connectivity index (χ0n) is 10.1. The first-order chi connectivity index (χ1) is 7.65. The molecule has 0 radical (unpaired) electrons. The number of nitrogens with zero attached hydrogens (tertiary/aromatic N) is 1. The standard InChI is InChI=1S/C11H22N2O3/c1-13(7-10(14)8-16-2)11(15)9-4-3-5-12-6-9/h9-10,12,14H,3-8H2,1-2H3/t9-,10?/m1/s1. The third-order valence-corrected chi connectivity index (χ3v) is 2.87. The van der Waals surface area contributed by atoms with E-state index in [2.05, 4.69) is 5.32 Å². The van der Waals surface area contributed by atoms with Crippen molar-refractivity contribution >= 4 is 5.91 Å². The fourth-order valence-corrected chi connectivity index (χ4v) is 2.03. The Labute approximate surface area is 96.8 Å². The molecule has 0 aliphatic carbocycles. The number of amides is 1. The normalized spacial score (nSPS) is 22.8. The molecule has 1 aliphatic heterocycles. The van der Waals surface area contributed by atoms with E-state index in [9.17, 15) is 9.90 Å². The van der Waals surface area contributed by atoms with Gasteiger partial charge in [0.05, 0.1) is 18.6 Å². The second kappa shape index (κ2) is 6.83. The SMILES string of the molecule is COCC(O)CN(C)C(=O)[C@@H]1CCCNC1. The van der Waals surface area contributed by atoms with E-state index in [0.717, 1.165) is 25.9 Å². The average Bonchev–Trinajstić information content (AvgIpc) is 2.29. The van der Waals surface area contributed by atoms with Crippen molar-refractivity contribution in [1.29, 1.82) is 0 Å². The molecule has 1 heterocycles. The van der Waals surface area contributed by atoms with Gasteiger partial charge in [-0.15, -0.1) is 0 Å². The van der Waals surface area contributed by atoms with E-state index in [0.29, 0.717) is 6.54 Å². The summed E-state index contributed by atoms with van der Waals surface area (Å²) in [5.74, 6) is 0.177. The van der Waals surface area contributed by atoms with Gasteiger partial charge in [-0.25, -0.2) is 0 Å². The zero-order valence-corrected chi connectivity index (χ0v) is 10.1. The number of rotatable bonds is 5. The Morgan fingerprint density at radius 2 is 2.44 bits per heavy atom. The molecule has 2 N–H and O–H groups in total. The Hall–Kier alpha value is -0.650. The number of likely N-dealkylation sites (N-methyl/N-ethyl adjacent to an activating group) is 1. The number of carbonyl (C=O) groups is 1. The molecule has 0 spiro atoms. The molecule has 1 amide bonds. The maximum absolute atomic E-state index is 12.0. The summed E-state index contributed by atoms with van der Waals surface area (Å²) in [5, 5.41) is 12.7. The van der Waals surface area contributed by atoms with Gasteiger partial charge in [0.1, 0.15) is 0 Å². The first kappa shape index (κ1) is 13.4. The number of ether oxygens (including phenoxy) is 1. The Kier molecular flexibility index (Phi) is 5.73. The number of aliphatic hydroxyl groups excluding tert-OH is 1. The molecule has 0 saturated carbocycles. The monoisotopic (exact) mass is 230 g/mol. The highest BCUT2D eigenvalue weighted by Crippen LogP contribution is 2.12. The van der Waals surface area contributed by atoms with Gasteiger partial charge in [-0.2, -0.15) is 0 Å². The summed E-state index contributed by atoms with van der Waals surface area (Å²) in [5.41, 5.74) is 0. The summed E-state index contributed by atoms with van der Waals surface area (Å²) in [6, 6.07) is 0. The van der Waals surface area contributed by atoms with E-state index < -0.39 is 6.10 Å². The molecular formula is C11H22N2O3. The number of carbonyl (C=O) groups excluding carboxylic acids is 1. The Morgan fingerprint density at radius 3 is 3.00 bits per heavy atom. The van der Waals surface area contributed by atoms with Gasteiger partial charge >= 0.3 is 0 Å². The van der Waals surface area contributed by atoms with Crippen molar-refractivity contribution in [2.75, 3.05) is 40.4 Å². The van der Waals surface area contributed by atoms with Crippen molar-refractivity contribution in [1.82, 2.24) is 10.2 Å². The number of hydrogen-bond donors (Lipinski definition) is 2. The van der Waals surface area contributed by atoms with Gasteiger partial charge in [0.25, 0.3) is 0 Å². The van der Waals surface area contributed by atoms with Crippen LogP contribution in [-0.2, 0) is 9.53 Å². The maximum Gasteiger partial charge on any atom is 0.226 e. The lowest BCUT2D eigenvalue weighted by Gasteiger charge is -2.28. The van der Waals surface area contributed by atoms with Gasteiger partial charge in [0.15, 0.2) is 0 Å². The fraction of sp³-hybridized carbons (Fsp3) is 0.909. The van der Waals surface area contributed by atoms with E-state index in [-0.39, 0.29) is 18.4 Å². The first-order valence-electron chi connectivity index (χ1n) is 5.78. The summed E-state index contributed by atoms with van der Waals surface area (Å²) in [6.07, 6.45) is 1.39. The van der Waals surface area contributed by atoms with Gasteiger partial charge < -0.3 is 20.1 Å². The second-order valence-electron chi connectivity index (χ2n) is 4.37.